The van der Waals surface area contributed by atoms with Gasteiger partial charge in [0.1, 0.15) is 0 Å². The molecular weight excluding hydrogens is 348 g/mol. The van der Waals surface area contributed by atoms with E-state index in [2.05, 4.69) is 64.2 Å². The van der Waals surface area contributed by atoms with Crippen molar-refractivity contribution in [1.29, 1.82) is 0 Å². The van der Waals surface area contributed by atoms with Crippen molar-refractivity contribution in [3.63, 3.8) is 0 Å². The van der Waals surface area contributed by atoms with Crippen molar-refractivity contribution in [3.05, 3.63) is 54.1 Å². The molecule has 2 nitrogen and oxygen atoms in total. The number of hydrogen-bond acceptors (Lipinski definition) is 3. The summed E-state index contributed by atoms with van der Waals surface area (Å²) in [5.41, 5.74) is 5.19. The monoisotopic (exact) mass is 384 g/mol. The van der Waals surface area contributed by atoms with Crippen molar-refractivity contribution in [2.45, 2.75) is 51.2 Å². The van der Waals surface area contributed by atoms with E-state index in [1.165, 1.54) is 40.1 Å². The summed E-state index contributed by atoms with van der Waals surface area (Å²) in [6, 6.07) is 6.99. The van der Waals surface area contributed by atoms with Gasteiger partial charge in [0.05, 0.1) is 11.6 Å². The summed E-state index contributed by atoms with van der Waals surface area (Å²) in [6.07, 6.45) is 7.67. The maximum atomic E-state index is 4.76. The molecule has 27 heavy (non-hydrogen) atoms. The van der Waals surface area contributed by atoms with Crippen LogP contribution in [-0.2, 0) is 6.42 Å². The molecule has 148 valence electrons. The quantitative estimate of drug-likeness (QED) is 0.430. The topological polar surface area (TPSA) is 15.6 Å². The first-order chi connectivity index (χ1) is 12.9. The second-order valence-corrected chi connectivity index (χ2v) is 9.41. The molecule has 1 aliphatic heterocycles. The zero-order valence-electron chi connectivity index (χ0n) is 17.6. The van der Waals surface area contributed by atoms with Crippen LogP contribution in [0.5, 0.6) is 0 Å². The predicted octanol–water partition coefficient (Wildman–Crippen LogP) is 6.07. The zero-order valence-corrected chi connectivity index (χ0v) is 18.4. The van der Waals surface area contributed by atoms with E-state index in [1.807, 2.05) is 17.8 Å². The average Bonchev–Trinajstić information content (AvgIpc) is 3.09. The van der Waals surface area contributed by atoms with Crippen LogP contribution in [0.25, 0.3) is 5.57 Å². The van der Waals surface area contributed by atoms with Crippen molar-refractivity contribution < 1.29 is 0 Å². The Bertz CT molecular complexity index is 675. The van der Waals surface area contributed by atoms with Gasteiger partial charge in [-0.1, -0.05) is 32.6 Å². The minimum atomic E-state index is 0.588. The molecule has 0 bridgehead atoms. The van der Waals surface area contributed by atoms with Crippen LogP contribution in [0, 0.1) is 5.92 Å². The van der Waals surface area contributed by atoms with Crippen molar-refractivity contribution >= 4 is 22.4 Å². The molecule has 0 saturated carbocycles. The lowest BCUT2D eigenvalue weighted by Gasteiger charge is -2.21. The Morgan fingerprint density at radius 3 is 2.70 bits per heavy atom. The first-order valence-electron chi connectivity index (χ1n) is 10.2. The normalized spacial score (nSPS) is 17.8. The second-order valence-electron chi connectivity index (χ2n) is 7.98. The maximum absolute atomic E-state index is 4.76. The Kier molecular flexibility index (Phi) is 8.85. The Morgan fingerprint density at radius 1 is 1.33 bits per heavy atom. The van der Waals surface area contributed by atoms with Gasteiger partial charge in [-0.05, 0) is 81.0 Å². The minimum Gasteiger partial charge on any atom is -0.309 e. The molecule has 1 aromatic rings. The first kappa shape index (κ1) is 22.0. The van der Waals surface area contributed by atoms with Gasteiger partial charge in [-0.15, -0.1) is 18.3 Å². The molecule has 0 aliphatic carbocycles. The van der Waals surface area contributed by atoms with Crippen LogP contribution >= 0.6 is 11.8 Å². The number of aliphatic imine (C=N–C) groups is 1. The fourth-order valence-corrected chi connectivity index (χ4v) is 4.50. The molecule has 0 saturated heterocycles. The van der Waals surface area contributed by atoms with Crippen LogP contribution in [0.1, 0.15) is 56.2 Å². The smallest absolute Gasteiger partial charge is 0.0980 e. The molecule has 1 heterocycles. The van der Waals surface area contributed by atoms with Gasteiger partial charge in [-0.2, -0.15) is 0 Å². The number of aryl methyl sites for hydroxylation is 1. The van der Waals surface area contributed by atoms with E-state index in [9.17, 15) is 0 Å². The van der Waals surface area contributed by atoms with E-state index < -0.39 is 0 Å². The molecule has 0 fully saturated rings. The fourth-order valence-electron chi connectivity index (χ4n) is 3.57. The number of hydrogen-bond donors (Lipinski definition) is 0. The Hall–Kier alpha value is -1.32. The van der Waals surface area contributed by atoms with Gasteiger partial charge in [-0.3, -0.25) is 4.99 Å². The second kappa shape index (κ2) is 10.9. The number of nitrogens with zero attached hydrogens (tertiary/aromatic N) is 2. The molecule has 3 heteroatoms. The molecule has 0 amide bonds. The Morgan fingerprint density at radius 2 is 2.11 bits per heavy atom. The van der Waals surface area contributed by atoms with Crippen molar-refractivity contribution in [2.75, 3.05) is 27.2 Å². The summed E-state index contributed by atoms with van der Waals surface area (Å²) in [5.74, 6) is 0.706. The summed E-state index contributed by atoms with van der Waals surface area (Å²) in [4.78, 5) is 7.07. The van der Waals surface area contributed by atoms with Gasteiger partial charge < -0.3 is 4.90 Å². The molecule has 0 radical (unpaired) electrons. The molecular formula is C24H36N2S. The van der Waals surface area contributed by atoms with Crippen LogP contribution in [0.3, 0.4) is 0 Å². The molecule has 2 rings (SSSR count). The maximum Gasteiger partial charge on any atom is 0.0980 e. The molecule has 1 aliphatic rings. The van der Waals surface area contributed by atoms with Gasteiger partial charge in [0, 0.05) is 17.4 Å². The molecule has 2 atom stereocenters. The highest BCUT2D eigenvalue weighted by Gasteiger charge is 2.18. The zero-order chi connectivity index (χ0) is 19.8. The highest BCUT2D eigenvalue weighted by Crippen LogP contribution is 2.29. The molecule has 1 aromatic carbocycles. The van der Waals surface area contributed by atoms with Crippen molar-refractivity contribution in [2.24, 2.45) is 10.9 Å². The summed E-state index contributed by atoms with van der Waals surface area (Å²) in [6.45, 7) is 14.7. The van der Waals surface area contributed by atoms with Gasteiger partial charge in [-0.25, -0.2) is 0 Å². The standard InChI is InChI=1S/C24H36N2S/c1-7-9-10-20(17-26(5)6)11-12-21-13-22(18(3)8-2)15-23(14-21)24-25-16-19(4)27-24/h7,13-15,19-20H,1,3,8-12,16-17H2,2,4-6H3. The number of allylic oxidation sites excluding steroid dienone is 2. The van der Waals surface area contributed by atoms with E-state index in [-0.39, 0.29) is 0 Å². The largest absolute Gasteiger partial charge is 0.309 e. The van der Waals surface area contributed by atoms with E-state index in [0.29, 0.717) is 11.2 Å². The Balaban J connectivity index is 2.18. The third kappa shape index (κ3) is 6.97. The molecule has 0 N–H and O–H groups in total. The number of thioether (sulfide) groups is 1. The lowest BCUT2D eigenvalue weighted by Crippen LogP contribution is -2.22. The van der Waals surface area contributed by atoms with Gasteiger partial charge in [0.15, 0.2) is 0 Å². The van der Waals surface area contributed by atoms with Crippen molar-refractivity contribution in [1.82, 2.24) is 4.90 Å². The fraction of sp³-hybridized carbons (Fsp3) is 0.542. The van der Waals surface area contributed by atoms with Crippen molar-refractivity contribution in [3.8, 4) is 0 Å². The SMILES string of the molecule is C=CCCC(CCc1cc(C(=C)CC)cc(C2=NCC(C)S2)c1)CN(C)C. The predicted molar refractivity (Wildman–Crippen MR) is 124 cm³/mol. The molecule has 2 unspecified atom stereocenters. The van der Waals surface area contributed by atoms with Gasteiger partial charge in [0.25, 0.3) is 0 Å². The van der Waals surface area contributed by atoms with E-state index in [0.717, 1.165) is 32.4 Å². The first-order valence-corrected chi connectivity index (χ1v) is 11.1. The number of benzene rings is 1. The number of rotatable bonds is 11. The third-order valence-corrected chi connectivity index (χ3v) is 6.26. The van der Waals surface area contributed by atoms with E-state index in [4.69, 9.17) is 4.99 Å². The lowest BCUT2D eigenvalue weighted by molar-refractivity contribution is 0.300. The Labute approximate surface area is 170 Å². The summed E-state index contributed by atoms with van der Waals surface area (Å²) >= 11 is 1.90. The molecule has 0 spiro atoms. The highest BCUT2D eigenvalue weighted by atomic mass is 32.2. The summed E-state index contributed by atoms with van der Waals surface area (Å²) in [7, 11) is 4.34. The minimum absolute atomic E-state index is 0.588. The van der Waals surface area contributed by atoms with Crippen LogP contribution in [0.2, 0.25) is 0 Å². The van der Waals surface area contributed by atoms with E-state index >= 15 is 0 Å². The lowest BCUT2D eigenvalue weighted by atomic mass is 9.92. The summed E-state index contributed by atoms with van der Waals surface area (Å²) < 4.78 is 0. The van der Waals surface area contributed by atoms with Gasteiger partial charge >= 0.3 is 0 Å². The van der Waals surface area contributed by atoms with Crippen LogP contribution in [0.15, 0.2) is 42.4 Å². The van der Waals surface area contributed by atoms with Gasteiger partial charge in [0.2, 0.25) is 0 Å². The third-order valence-electron chi connectivity index (χ3n) is 5.12. The molecule has 0 aromatic heterocycles. The van der Waals surface area contributed by atoms with Crippen LogP contribution in [0.4, 0.5) is 0 Å². The van der Waals surface area contributed by atoms with Crippen LogP contribution < -0.4 is 0 Å². The van der Waals surface area contributed by atoms with E-state index in [1.54, 1.807) is 0 Å². The summed E-state index contributed by atoms with van der Waals surface area (Å²) in [5, 5.41) is 1.79. The van der Waals surface area contributed by atoms with Crippen LogP contribution in [-0.4, -0.2) is 42.4 Å². The highest BCUT2D eigenvalue weighted by molar-refractivity contribution is 8.15. The average molecular weight is 385 g/mol.